The van der Waals surface area contributed by atoms with E-state index in [1.54, 1.807) is 0 Å². The Kier molecular flexibility index (Phi) is 2.06. The van der Waals surface area contributed by atoms with Crippen molar-refractivity contribution >= 4 is 5.69 Å². The van der Waals surface area contributed by atoms with Gasteiger partial charge in [-0.15, -0.1) is 0 Å². The van der Waals surface area contributed by atoms with Crippen LogP contribution in [0.5, 0.6) is 0 Å². The number of anilines is 1. The number of fused-ring (bicyclic) bond motifs is 3. The average molecular weight is 223 g/mol. The highest BCUT2D eigenvalue weighted by molar-refractivity contribution is 5.84. The first-order valence-electron chi connectivity index (χ1n) is 6.07. The number of nitrogens with two attached hydrogens (primary N) is 1. The Morgan fingerprint density at radius 3 is 2.59 bits per heavy atom. The van der Waals surface area contributed by atoms with Gasteiger partial charge in [0.05, 0.1) is 0 Å². The molecule has 0 aromatic heterocycles. The molecular formula is C16H17N. The van der Waals surface area contributed by atoms with Crippen molar-refractivity contribution in [3.63, 3.8) is 0 Å². The van der Waals surface area contributed by atoms with E-state index in [1.807, 2.05) is 6.07 Å². The zero-order valence-corrected chi connectivity index (χ0v) is 10.3. The zero-order chi connectivity index (χ0) is 12.0. The Morgan fingerprint density at radius 2 is 1.76 bits per heavy atom. The molecule has 0 fully saturated rings. The van der Waals surface area contributed by atoms with Gasteiger partial charge in [-0.25, -0.2) is 0 Å². The Balaban J connectivity index is 2.38. The Morgan fingerprint density at radius 1 is 1.00 bits per heavy atom. The molecule has 0 amide bonds. The van der Waals surface area contributed by atoms with E-state index in [1.165, 1.54) is 22.3 Å². The van der Waals surface area contributed by atoms with Crippen LogP contribution in [0, 0.1) is 0 Å². The second kappa shape index (κ2) is 3.36. The van der Waals surface area contributed by atoms with Crippen molar-refractivity contribution < 1.29 is 0 Å². The number of nitrogen functional groups attached to an aromatic ring is 1. The van der Waals surface area contributed by atoms with Crippen LogP contribution in [0.3, 0.4) is 0 Å². The van der Waals surface area contributed by atoms with Crippen LogP contribution in [0.15, 0.2) is 42.5 Å². The molecule has 1 nitrogen and oxygen atoms in total. The van der Waals surface area contributed by atoms with Gasteiger partial charge < -0.3 is 5.73 Å². The summed E-state index contributed by atoms with van der Waals surface area (Å²) in [5, 5.41) is 0. The fraction of sp³-hybridized carbons (Fsp3) is 0.250. The molecule has 0 heterocycles. The largest absolute Gasteiger partial charge is 0.398 e. The molecule has 17 heavy (non-hydrogen) atoms. The van der Waals surface area contributed by atoms with Crippen molar-refractivity contribution in [2.45, 2.75) is 25.7 Å². The second-order valence-corrected chi connectivity index (χ2v) is 5.49. The first-order valence-corrected chi connectivity index (χ1v) is 6.07. The molecular weight excluding hydrogens is 206 g/mol. The van der Waals surface area contributed by atoms with Crippen molar-refractivity contribution in [2.24, 2.45) is 0 Å². The monoisotopic (exact) mass is 223 g/mol. The van der Waals surface area contributed by atoms with Gasteiger partial charge in [0.25, 0.3) is 0 Å². The topological polar surface area (TPSA) is 26.0 Å². The van der Waals surface area contributed by atoms with E-state index in [2.05, 4.69) is 50.2 Å². The predicted octanol–water partition coefficient (Wildman–Crippen LogP) is 3.77. The molecule has 1 aliphatic rings. The minimum Gasteiger partial charge on any atom is -0.398 e. The van der Waals surface area contributed by atoms with E-state index >= 15 is 0 Å². The van der Waals surface area contributed by atoms with E-state index < -0.39 is 0 Å². The van der Waals surface area contributed by atoms with Gasteiger partial charge in [-0.1, -0.05) is 50.2 Å². The highest BCUT2D eigenvalue weighted by Gasteiger charge is 2.31. The normalized spacial score (nSPS) is 16.1. The summed E-state index contributed by atoms with van der Waals surface area (Å²) in [4.78, 5) is 0. The minimum absolute atomic E-state index is 0.166. The van der Waals surface area contributed by atoms with Crippen LogP contribution in [0.2, 0.25) is 0 Å². The van der Waals surface area contributed by atoms with Gasteiger partial charge in [0.1, 0.15) is 0 Å². The summed E-state index contributed by atoms with van der Waals surface area (Å²) < 4.78 is 0. The maximum absolute atomic E-state index is 6.18. The summed E-state index contributed by atoms with van der Waals surface area (Å²) in [7, 11) is 0. The Labute approximate surface area is 102 Å². The standard InChI is InChI=1S/C16H17N/c1-16(2)10-11-6-3-4-7-12(11)15-13(16)8-5-9-14(15)17/h3-9H,10,17H2,1-2H3. The molecule has 0 saturated carbocycles. The third kappa shape index (κ3) is 1.46. The maximum atomic E-state index is 6.18. The van der Waals surface area contributed by atoms with Crippen molar-refractivity contribution in [1.82, 2.24) is 0 Å². The number of benzene rings is 2. The highest BCUT2D eigenvalue weighted by Crippen LogP contribution is 2.45. The molecule has 3 rings (SSSR count). The predicted molar refractivity (Wildman–Crippen MR) is 73.0 cm³/mol. The Bertz CT molecular complexity index is 582. The third-order valence-electron chi connectivity index (χ3n) is 3.74. The van der Waals surface area contributed by atoms with Crippen LogP contribution in [-0.4, -0.2) is 0 Å². The second-order valence-electron chi connectivity index (χ2n) is 5.49. The molecule has 1 aliphatic carbocycles. The molecule has 86 valence electrons. The third-order valence-corrected chi connectivity index (χ3v) is 3.74. The number of rotatable bonds is 0. The number of hydrogen-bond acceptors (Lipinski definition) is 1. The zero-order valence-electron chi connectivity index (χ0n) is 10.3. The quantitative estimate of drug-likeness (QED) is 0.676. The molecule has 2 aromatic carbocycles. The molecule has 0 unspecified atom stereocenters. The van der Waals surface area contributed by atoms with Crippen molar-refractivity contribution in [3.8, 4) is 11.1 Å². The van der Waals surface area contributed by atoms with Gasteiger partial charge in [0, 0.05) is 11.3 Å². The van der Waals surface area contributed by atoms with Gasteiger partial charge in [0.2, 0.25) is 0 Å². The van der Waals surface area contributed by atoms with Crippen LogP contribution in [-0.2, 0) is 11.8 Å². The van der Waals surface area contributed by atoms with E-state index in [9.17, 15) is 0 Å². The molecule has 0 saturated heterocycles. The molecule has 0 radical (unpaired) electrons. The van der Waals surface area contributed by atoms with Gasteiger partial charge in [-0.2, -0.15) is 0 Å². The van der Waals surface area contributed by atoms with E-state index in [0.717, 1.165) is 12.1 Å². The lowest BCUT2D eigenvalue weighted by Crippen LogP contribution is -2.26. The molecule has 0 atom stereocenters. The van der Waals surface area contributed by atoms with Gasteiger partial charge in [-0.05, 0) is 34.6 Å². The maximum Gasteiger partial charge on any atom is 0.0396 e. The molecule has 1 heteroatoms. The van der Waals surface area contributed by atoms with Crippen LogP contribution in [0.25, 0.3) is 11.1 Å². The molecule has 2 aromatic rings. The fourth-order valence-corrected chi connectivity index (χ4v) is 2.92. The van der Waals surface area contributed by atoms with E-state index in [-0.39, 0.29) is 5.41 Å². The van der Waals surface area contributed by atoms with Crippen molar-refractivity contribution in [3.05, 3.63) is 53.6 Å². The van der Waals surface area contributed by atoms with Crippen LogP contribution >= 0.6 is 0 Å². The molecule has 2 N–H and O–H groups in total. The fourth-order valence-electron chi connectivity index (χ4n) is 2.92. The SMILES string of the molecule is CC1(C)Cc2ccccc2-c2c(N)cccc21. The molecule has 0 aliphatic heterocycles. The smallest absolute Gasteiger partial charge is 0.0396 e. The van der Waals surface area contributed by atoms with Gasteiger partial charge >= 0.3 is 0 Å². The van der Waals surface area contributed by atoms with Crippen molar-refractivity contribution in [1.29, 1.82) is 0 Å². The van der Waals surface area contributed by atoms with Crippen LogP contribution in [0.4, 0.5) is 5.69 Å². The van der Waals surface area contributed by atoms with E-state index in [0.29, 0.717) is 0 Å². The minimum atomic E-state index is 0.166. The van der Waals surface area contributed by atoms with Gasteiger partial charge in [-0.3, -0.25) is 0 Å². The lowest BCUT2D eigenvalue weighted by molar-refractivity contribution is 0.517. The van der Waals surface area contributed by atoms with Crippen LogP contribution in [0.1, 0.15) is 25.0 Å². The Hall–Kier alpha value is -1.76. The van der Waals surface area contributed by atoms with Crippen molar-refractivity contribution in [2.75, 3.05) is 5.73 Å². The summed E-state index contributed by atoms with van der Waals surface area (Å²) >= 11 is 0. The summed E-state index contributed by atoms with van der Waals surface area (Å²) in [6.07, 6.45) is 1.08. The van der Waals surface area contributed by atoms with Crippen LogP contribution < -0.4 is 5.73 Å². The highest BCUT2D eigenvalue weighted by atomic mass is 14.6. The summed E-state index contributed by atoms with van der Waals surface area (Å²) in [6, 6.07) is 14.9. The molecule has 0 spiro atoms. The molecule has 0 bridgehead atoms. The number of hydrogen-bond donors (Lipinski definition) is 1. The van der Waals surface area contributed by atoms with E-state index in [4.69, 9.17) is 5.73 Å². The lowest BCUT2D eigenvalue weighted by Gasteiger charge is -2.34. The summed E-state index contributed by atoms with van der Waals surface area (Å²) in [6.45, 7) is 4.59. The first kappa shape index (κ1) is 10.4. The summed E-state index contributed by atoms with van der Waals surface area (Å²) in [5.74, 6) is 0. The first-order chi connectivity index (χ1) is 8.09. The average Bonchev–Trinajstić information content (AvgIpc) is 2.29. The lowest BCUT2D eigenvalue weighted by atomic mass is 9.70. The summed E-state index contributed by atoms with van der Waals surface area (Å²) in [5.41, 5.74) is 12.6. The van der Waals surface area contributed by atoms with Gasteiger partial charge in [0.15, 0.2) is 0 Å².